The van der Waals surface area contributed by atoms with Crippen LogP contribution in [0.5, 0.6) is 5.75 Å². The van der Waals surface area contributed by atoms with Crippen LogP contribution < -0.4 is 4.74 Å². The quantitative estimate of drug-likeness (QED) is 0.529. The summed E-state index contributed by atoms with van der Waals surface area (Å²) in [4.78, 5) is 38.2. The molecule has 0 bridgehead atoms. The van der Waals surface area contributed by atoms with Crippen LogP contribution in [0.1, 0.15) is 47.8 Å². The van der Waals surface area contributed by atoms with Gasteiger partial charge in [-0.05, 0) is 48.4 Å². The van der Waals surface area contributed by atoms with Crippen molar-refractivity contribution in [2.45, 2.75) is 26.3 Å². The summed E-state index contributed by atoms with van der Waals surface area (Å²) in [5.41, 5.74) is 2.27. The molecule has 6 nitrogen and oxygen atoms in total. The molecule has 1 heterocycles. The first-order chi connectivity index (χ1) is 14.0. The molecule has 0 unspecified atom stereocenters. The summed E-state index contributed by atoms with van der Waals surface area (Å²) in [7, 11) is 0. The number of rotatable bonds is 7. The summed E-state index contributed by atoms with van der Waals surface area (Å²) in [5.74, 6) is -0.326. The second-order valence-corrected chi connectivity index (χ2v) is 6.63. The molecular formula is C23H23NO5. The highest BCUT2D eigenvalue weighted by atomic mass is 16.5. The van der Waals surface area contributed by atoms with Gasteiger partial charge in [-0.15, -0.1) is 0 Å². The summed E-state index contributed by atoms with van der Waals surface area (Å²) in [6, 6.07) is 13.8. The lowest BCUT2D eigenvalue weighted by Crippen LogP contribution is -2.32. The smallest absolute Gasteiger partial charge is 0.308 e. The molecule has 3 rings (SSSR count). The van der Waals surface area contributed by atoms with Gasteiger partial charge in [0.1, 0.15) is 5.75 Å². The van der Waals surface area contributed by atoms with Crippen molar-refractivity contribution in [1.29, 1.82) is 0 Å². The fraction of sp³-hybridized carbons (Fsp3) is 0.261. The van der Waals surface area contributed by atoms with Gasteiger partial charge in [-0.1, -0.05) is 24.3 Å². The lowest BCUT2D eigenvalue weighted by Gasteiger charge is -2.32. The van der Waals surface area contributed by atoms with Crippen molar-refractivity contribution in [2.24, 2.45) is 0 Å². The van der Waals surface area contributed by atoms with Crippen LogP contribution in [-0.2, 0) is 14.3 Å². The number of ketones is 1. The predicted octanol–water partition coefficient (Wildman–Crippen LogP) is 3.78. The van der Waals surface area contributed by atoms with E-state index >= 15 is 0 Å². The summed E-state index contributed by atoms with van der Waals surface area (Å²) < 4.78 is 10.5. The van der Waals surface area contributed by atoms with Gasteiger partial charge in [-0.2, -0.15) is 0 Å². The highest BCUT2D eigenvalue weighted by molar-refractivity contribution is 5.98. The van der Waals surface area contributed by atoms with Crippen molar-refractivity contribution in [3.8, 4) is 5.75 Å². The van der Waals surface area contributed by atoms with Crippen LogP contribution in [0.15, 0.2) is 54.7 Å². The van der Waals surface area contributed by atoms with E-state index in [2.05, 4.69) is 0 Å². The number of amides is 1. The van der Waals surface area contributed by atoms with Crippen LogP contribution in [0.3, 0.4) is 0 Å². The molecule has 2 aromatic carbocycles. The van der Waals surface area contributed by atoms with E-state index in [0.29, 0.717) is 17.9 Å². The minimum atomic E-state index is -0.536. The van der Waals surface area contributed by atoms with Crippen LogP contribution in [0.4, 0.5) is 0 Å². The molecule has 0 spiro atoms. The van der Waals surface area contributed by atoms with E-state index in [4.69, 9.17) is 9.47 Å². The Bertz CT molecular complexity index is 933. The number of ether oxygens (including phenoxy) is 2. The van der Waals surface area contributed by atoms with E-state index in [1.54, 1.807) is 30.5 Å². The minimum Gasteiger partial charge on any atom is -0.494 e. The Hall–Kier alpha value is -3.41. The van der Waals surface area contributed by atoms with E-state index in [1.165, 1.54) is 11.8 Å². The topological polar surface area (TPSA) is 72.9 Å². The zero-order valence-corrected chi connectivity index (χ0v) is 16.5. The zero-order valence-electron chi connectivity index (χ0n) is 16.5. The molecule has 0 saturated carbocycles. The number of fused-ring (bicyclic) bond motifs is 1. The van der Waals surface area contributed by atoms with Crippen molar-refractivity contribution < 1.29 is 23.9 Å². The van der Waals surface area contributed by atoms with Gasteiger partial charge in [0.2, 0.25) is 5.91 Å². The fourth-order valence-electron chi connectivity index (χ4n) is 3.26. The molecule has 0 radical (unpaired) electrons. The highest BCUT2D eigenvalue weighted by Crippen LogP contribution is 2.33. The van der Waals surface area contributed by atoms with Gasteiger partial charge in [0.15, 0.2) is 12.4 Å². The van der Waals surface area contributed by atoms with Crippen LogP contribution in [-0.4, -0.2) is 35.8 Å². The number of Topliss-reactive ketones (excluding diaryl/α,β-unsaturated/α-hetero) is 1. The highest BCUT2D eigenvalue weighted by Gasteiger charge is 2.29. The van der Waals surface area contributed by atoms with Crippen LogP contribution >= 0.6 is 0 Å². The number of hydrogen-bond acceptors (Lipinski definition) is 5. The fourth-order valence-corrected chi connectivity index (χ4v) is 3.26. The molecule has 29 heavy (non-hydrogen) atoms. The standard InChI is InChI=1S/C23H23NO5/c1-3-28-19-10-8-18(9-11-19)22(26)15-29-23(27)14-21-20-7-5-4-6-17(20)12-13-24(21)16(2)25/h4-13,21H,3,14-15H2,1-2H3/t21-/m1/s1. The summed E-state index contributed by atoms with van der Waals surface area (Å²) in [5, 5.41) is 0. The maximum absolute atomic E-state index is 12.4. The van der Waals surface area contributed by atoms with Crippen molar-refractivity contribution in [3.63, 3.8) is 0 Å². The van der Waals surface area contributed by atoms with Gasteiger partial charge in [0.25, 0.3) is 0 Å². The van der Waals surface area contributed by atoms with Gasteiger partial charge >= 0.3 is 5.97 Å². The number of benzene rings is 2. The van der Waals surface area contributed by atoms with Crippen LogP contribution in [0.2, 0.25) is 0 Å². The molecule has 6 heteroatoms. The second kappa shape index (κ2) is 9.19. The van der Waals surface area contributed by atoms with Crippen molar-refractivity contribution in [1.82, 2.24) is 4.90 Å². The summed E-state index contributed by atoms with van der Waals surface area (Å²) >= 11 is 0. The lowest BCUT2D eigenvalue weighted by atomic mass is 9.94. The largest absolute Gasteiger partial charge is 0.494 e. The Morgan fingerprint density at radius 2 is 1.76 bits per heavy atom. The van der Waals surface area contributed by atoms with Gasteiger partial charge in [-0.3, -0.25) is 14.4 Å². The number of esters is 1. The normalized spacial score (nSPS) is 14.8. The first-order valence-corrected chi connectivity index (χ1v) is 9.47. The Labute approximate surface area is 169 Å². The number of carbonyl (C=O) groups is 3. The summed E-state index contributed by atoms with van der Waals surface area (Å²) in [6.45, 7) is 3.52. The number of hydrogen-bond donors (Lipinski definition) is 0. The lowest BCUT2D eigenvalue weighted by molar-refractivity contribution is -0.144. The maximum Gasteiger partial charge on any atom is 0.308 e. The SMILES string of the molecule is CCOc1ccc(C(=O)COC(=O)C[C@@H]2c3ccccc3C=CN2C(C)=O)cc1. The molecule has 0 aromatic heterocycles. The van der Waals surface area contributed by atoms with E-state index in [-0.39, 0.29) is 24.7 Å². The van der Waals surface area contributed by atoms with Crippen molar-refractivity contribution in [2.75, 3.05) is 13.2 Å². The second-order valence-electron chi connectivity index (χ2n) is 6.63. The van der Waals surface area contributed by atoms with Crippen molar-refractivity contribution >= 4 is 23.7 Å². The maximum atomic E-state index is 12.4. The predicted molar refractivity (Wildman–Crippen MR) is 108 cm³/mol. The first kappa shape index (κ1) is 20.3. The Morgan fingerprint density at radius 3 is 2.45 bits per heavy atom. The number of nitrogens with zero attached hydrogens (tertiary/aromatic N) is 1. The molecule has 150 valence electrons. The Kier molecular flexibility index (Phi) is 6.44. The molecule has 1 amide bonds. The average Bonchev–Trinajstić information content (AvgIpc) is 2.73. The first-order valence-electron chi connectivity index (χ1n) is 9.47. The van der Waals surface area contributed by atoms with Gasteiger partial charge in [0.05, 0.1) is 19.1 Å². The van der Waals surface area contributed by atoms with Gasteiger partial charge in [-0.25, -0.2) is 0 Å². The molecule has 1 aliphatic heterocycles. The minimum absolute atomic E-state index is 0.0303. The molecule has 0 saturated heterocycles. The monoisotopic (exact) mass is 393 g/mol. The third kappa shape index (κ3) is 4.90. The van der Waals surface area contributed by atoms with Crippen molar-refractivity contribution in [3.05, 3.63) is 71.4 Å². The Morgan fingerprint density at radius 1 is 1.03 bits per heavy atom. The van der Waals surface area contributed by atoms with E-state index in [1.807, 2.05) is 37.3 Å². The van der Waals surface area contributed by atoms with Gasteiger partial charge < -0.3 is 14.4 Å². The Balaban J connectivity index is 1.62. The van der Waals surface area contributed by atoms with Gasteiger partial charge in [0, 0.05) is 18.7 Å². The van der Waals surface area contributed by atoms with E-state index < -0.39 is 12.0 Å². The molecule has 1 atom stereocenters. The van der Waals surface area contributed by atoms with Crippen LogP contribution in [0, 0.1) is 0 Å². The zero-order chi connectivity index (χ0) is 20.8. The molecule has 2 aromatic rings. The number of carbonyl (C=O) groups excluding carboxylic acids is 3. The van der Waals surface area contributed by atoms with E-state index in [0.717, 1.165) is 11.1 Å². The van der Waals surface area contributed by atoms with E-state index in [9.17, 15) is 14.4 Å². The molecule has 0 fully saturated rings. The molecular weight excluding hydrogens is 370 g/mol. The van der Waals surface area contributed by atoms with Crippen LogP contribution in [0.25, 0.3) is 6.08 Å². The molecule has 0 aliphatic carbocycles. The third-order valence-corrected chi connectivity index (χ3v) is 4.68. The summed E-state index contributed by atoms with van der Waals surface area (Å²) in [6.07, 6.45) is 3.49. The molecule has 1 aliphatic rings. The molecule has 0 N–H and O–H groups in total. The third-order valence-electron chi connectivity index (χ3n) is 4.68. The average molecular weight is 393 g/mol.